The lowest BCUT2D eigenvalue weighted by Gasteiger charge is -2.40. The zero-order chi connectivity index (χ0) is 22.3. The van der Waals surface area contributed by atoms with Crippen molar-refractivity contribution in [2.75, 3.05) is 5.32 Å². The Kier molecular flexibility index (Phi) is 5.08. The summed E-state index contributed by atoms with van der Waals surface area (Å²) in [6.45, 7) is 2.36. The summed E-state index contributed by atoms with van der Waals surface area (Å²) in [6.07, 6.45) is -1.75. The average Bonchev–Trinajstić information content (AvgIpc) is 2.65. The van der Waals surface area contributed by atoms with Crippen LogP contribution in [0, 0.1) is 5.82 Å². The number of alkyl halides is 2. The van der Waals surface area contributed by atoms with Crippen molar-refractivity contribution in [3.63, 3.8) is 0 Å². The van der Waals surface area contributed by atoms with Gasteiger partial charge in [-0.15, -0.1) is 0 Å². The van der Waals surface area contributed by atoms with E-state index in [1.54, 1.807) is 13.0 Å². The summed E-state index contributed by atoms with van der Waals surface area (Å²) < 4.78 is 50.0. The van der Waals surface area contributed by atoms with E-state index in [4.69, 9.17) is 10.5 Å². The number of carbonyl (C=O) groups excluding carboxylic acids is 1. The monoisotopic (exact) mass is 432 g/mol. The van der Waals surface area contributed by atoms with Crippen molar-refractivity contribution in [1.29, 1.82) is 0 Å². The number of allylic oxidation sites excluding steroid dienone is 1. The Morgan fingerprint density at radius 2 is 2.10 bits per heavy atom. The van der Waals surface area contributed by atoms with E-state index in [-0.39, 0.29) is 29.4 Å². The largest absolute Gasteiger partial charge is 0.431 e. The SMILES string of the molecule is CC1=C2C(CC2c2cc(NC(=O)c3ccc(OC(C)(F)F)cn3)ccc2F)N=C(N)O1. The standard InChI is InChI=1S/C21H19F3N4O3/c1-10-18-14(8-17(18)28-20(25)30-10)13-7-11(3-5-15(13)22)27-19(29)16-6-4-12(9-26-16)31-21(2,23)24/h3-7,9,14,17H,8H2,1-2H3,(H2,25,28)(H,27,29). The molecule has 0 radical (unpaired) electrons. The van der Waals surface area contributed by atoms with E-state index < -0.39 is 17.8 Å². The number of rotatable bonds is 5. The van der Waals surface area contributed by atoms with Crippen molar-refractivity contribution >= 4 is 17.6 Å². The summed E-state index contributed by atoms with van der Waals surface area (Å²) in [6, 6.07) is 6.68. The lowest BCUT2D eigenvalue weighted by atomic mass is 9.70. The molecule has 2 aromatic rings. The number of aliphatic imine (C=N–C) groups is 1. The van der Waals surface area contributed by atoms with Gasteiger partial charge in [0, 0.05) is 24.1 Å². The molecular formula is C21H19F3N4O3. The first-order valence-corrected chi connectivity index (χ1v) is 9.46. The first kappa shape index (κ1) is 20.7. The van der Waals surface area contributed by atoms with Gasteiger partial charge in [-0.05, 0) is 49.2 Å². The molecule has 7 nitrogen and oxygen atoms in total. The molecule has 1 aromatic carbocycles. The Morgan fingerprint density at radius 3 is 2.74 bits per heavy atom. The predicted molar refractivity (Wildman–Crippen MR) is 106 cm³/mol. The van der Waals surface area contributed by atoms with Gasteiger partial charge in [0.1, 0.15) is 23.0 Å². The van der Waals surface area contributed by atoms with Crippen molar-refractivity contribution in [2.45, 2.75) is 38.3 Å². The Labute approximate surface area is 175 Å². The highest BCUT2D eigenvalue weighted by Crippen LogP contribution is 2.48. The molecule has 3 N–H and O–H groups in total. The van der Waals surface area contributed by atoms with Crippen LogP contribution in [0.4, 0.5) is 18.9 Å². The minimum absolute atomic E-state index is 0.00889. The molecule has 31 heavy (non-hydrogen) atoms. The number of amidine groups is 1. The first-order valence-electron chi connectivity index (χ1n) is 9.46. The van der Waals surface area contributed by atoms with E-state index >= 15 is 0 Å². The minimum Gasteiger partial charge on any atom is -0.431 e. The molecular weight excluding hydrogens is 413 g/mol. The Balaban J connectivity index is 1.49. The number of nitrogens with two attached hydrogens (primary N) is 1. The van der Waals surface area contributed by atoms with Crippen molar-refractivity contribution in [2.24, 2.45) is 10.7 Å². The first-order chi connectivity index (χ1) is 14.6. The van der Waals surface area contributed by atoms with E-state index in [9.17, 15) is 18.0 Å². The summed E-state index contributed by atoms with van der Waals surface area (Å²) >= 11 is 0. The second-order valence-corrected chi connectivity index (χ2v) is 7.36. The van der Waals surface area contributed by atoms with Gasteiger partial charge in [0.15, 0.2) is 0 Å². The molecule has 162 valence electrons. The summed E-state index contributed by atoms with van der Waals surface area (Å²) in [5.41, 5.74) is 7.25. The average molecular weight is 432 g/mol. The number of aromatic nitrogens is 1. The maximum atomic E-state index is 14.5. The number of nitrogens with zero attached hydrogens (tertiary/aromatic N) is 2. The van der Waals surface area contributed by atoms with E-state index in [0.29, 0.717) is 30.4 Å². The van der Waals surface area contributed by atoms with Gasteiger partial charge in [0.2, 0.25) is 0 Å². The van der Waals surface area contributed by atoms with Gasteiger partial charge in [0.25, 0.3) is 11.9 Å². The van der Waals surface area contributed by atoms with Gasteiger partial charge >= 0.3 is 6.11 Å². The molecule has 1 amide bonds. The van der Waals surface area contributed by atoms with Crippen LogP contribution in [0.25, 0.3) is 0 Å². The Hall–Kier alpha value is -3.56. The minimum atomic E-state index is -3.36. The Morgan fingerprint density at radius 1 is 1.32 bits per heavy atom. The number of carbonyl (C=O) groups is 1. The van der Waals surface area contributed by atoms with Crippen LogP contribution in [0.15, 0.2) is 52.9 Å². The summed E-state index contributed by atoms with van der Waals surface area (Å²) in [5.74, 6) is -0.790. The van der Waals surface area contributed by atoms with Crippen LogP contribution in [0.1, 0.15) is 42.2 Å². The number of fused-ring (bicyclic) bond motifs is 1. The molecule has 1 fully saturated rings. The van der Waals surface area contributed by atoms with Gasteiger partial charge in [-0.25, -0.2) is 14.4 Å². The van der Waals surface area contributed by atoms with E-state index in [0.717, 1.165) is 11.8 Å². The predicted octanol–water partition coefficient (Wildman–Crippen LogP) is 3.94. The molecule has 2 aliphatic rings. The third kappa shape index (κ3) is 4.32. The van der Waals surface area contributed by atoms with Gasteiger partial charge in [-0.3, -0.25) is 4.79 Å². The molecule has 10 heteroatoms. The smallest absolute Gasteiger partial charge is 0.394 e. The maximum absolute atomic E-state index is 14.5. The second kappa shape index (κ2) is 7.60. The quantitative estimate of drug-likeness (QED) is 0.746. The van der Waals surface area contributed by atoms with Crippen molar-refractivity contribution in [3.05, 3.63) is 64.9 Å². The number of ether oxygens (including phenoxy) is 2. The normalized spacial score (nSPS) is 20.2. The van der Waals surface area contributed by atoms with Crippen LogP contribution in [-0.2, 0) is 4.74 Å². The summed E-state index contributed by atoms with van der Waals surface area (Å²) in [4.78, 5) is 20.5. The highest BCUT2D eigenvalue weighted by molar-refractivity contribution is 6.02. The van der Waals surface area contributed by atoms with Gasteiger partial charge in [-0.1, -0.05) is 0 Å². The molecule has 1 aliphatic heterocycles. The summed E-state index contributed by atoms with van der Waals surface area (Å²) in [5, 5.41) is 2.63. The van der Waals surface area contributed by atoms with Crippen LogP contribution >= 0.6 is 0 Å². The number of anilines is 1. The second-order valence-electron chi connectivity index (χ2n) is 7.36. The fourth-order valence-corrected chi connectivity index (χ4v) is 3.71. The lowest BCUT2D eigenvalue weighted by molar-refractivity contribution is -0.159. The summed E-state index contributed by atoms with van der Waals surface area (Å²) in [7, 11) is 0. The lowest BCUT2D eigenvalue weighted by Crippen LogP contribution is -2.38. The fraction of sp³-hybridized carbons (Fsp3) is 0.286. The van der Waals surface area contributed by atoms with Gasteiger partial charge in [0.05, 0.1) is 12.2 Å². The number of amides is 1. The molecule has 1 aromatic heterocycles. The number of nitrogens with one attached hydrogen (secondary N) is 1. The number of hydrogen-bond acceptors (Lipinski definition) is 6. The van der Waals surface area contributed by atoms with Crippen LogP contribution in [0.2, 0.25) is 0 Å². The Bertz CT molecular complexity index is 1090. The number of hydrogen-bond donors (Lipinski definition) is 2. The number of halogens is 3. The highest BCUT2D eigenvalue weighted by Gasteiger charge is 2.42. The van der Waals surface area contributed by atoms with Gasteiger partial charge in [-0.2, -0.15) is 8.78 Å². The third-order valence-corrected chi connectivity index (χ3v) is 5.04. The van der Waals surface area contributed by atoms with Crippen molar-refractivity contribution in [3.8, 4) is 5.75 Å². The van der Waals surface area contributed by atoms with Crippen molar-refractivity contribution in [1.82, 2.24) is 4.98 Å². The topological polar surface area (TPSA) is 98.8 Å². The molecule has 0 saturated heterocycles. The number of pyridine rings is 1. The highest BCUT2D eigenvalue weighted by atomic mass is 19.3. The van der Waals surface area contributed by atoms with Crippen LogP contribution < -0.4 is 15.8 Å². The fourth-order valence-electron chi connectivity index (χ4n) is 3.71. The molecule has 0 bridgehead atoms. The van der Waals surface area contributed by atoms with Crippen molar-refractivity contribution < 1.29 is 27.4 Å². The van der Waals surface area contributed by atoms with Crippen LogP contribution in [0.5, 0.6) is 5.75 Å². The molecule has 2 atom stereocenters. The van der Waals surface area contributed by atoms with Crippen LogP contribution in [0.3, 0.4) is 0 Å². The van der Waals surface area contributed by atoms with Gasteiger partial charge < -0.3 is 20.5 Å². The maximum Gasteiger partial charge on any atom is 0.394 e. The third-order valence-electron chi connectivity index (χ3n) is 5.04. The molecule has 2 heterocycles. The van der Waals surface area contributed by atoms with E-state index in [1.807, 2.05) is 0 Å². The molecule has 2 unspecified atom stereocenters. The van der Waals surface area contributed by atoms with E-state index in [1.165, 1.54) is 24.3 Å². The molecule has 1 aliphatic carbocycles. The zero-order valence-corrected chi connectivity index (χ0v) is 16.7. The number of benzene rings is 1. The molecule has 1 saturated carbocycles. The van der Waals surface area contributed by atoms with E-state index in [2.05, 4.69) is 20.0 Å². The molecule has 4 rings (SSSR count). The zero-order valence-electron chi connectivity index (χ0n) is 16.7. The molecule has 0 spiro atoms. The van der Waals surface area contributed by atoms with Crippen LogP contribution in [-0.4, -0.2) is 29.1 Å².